The van der Waals surface area contributed by atoms with Crippen LogP contribution in [0.25, 0.3) is 0 Å². The number of rotatable bonds is 3. The van der Waals surface area contributed by atoms with Gasteiger partial charge in [-0.05, 0) is 39.3 Å². The van der Waals surface area contributed by atoms with Crippen LogP contribution in [0.2, 0.25) is 0 Å². The molecule has 0 aliphatic carbocycles. The second kappa shape index (κ2) is 5.76. The molecule has 114 valence electrons. The van der Waals surface area contributed by atoms with Gasteiger partial charge in [0, 0.05) is 6.42 Å². The Kier molecular flexibility index (Phi) is 4.21. The predicted molar refractivity (Wildman–Crippen MR) is 78.0 cm³/mol. The van der Waals surface area contributed by atoms with Crippen LogP contribution in [0.4, 0.5) is 0 Å². The largest absolute Gasteiger partial charge is 0.480 e. The second-order valence-electron chi connectivity index (χ2n) is 6.18. The van der Waals surface area contributed by atoms with Crippen LogP contribution in [0.1, 0.15) is 33.3 Å². The first-order valence-corrected chi connectivity index (χ1v) is 7.04. The molecule has 1 N–H and O–H groups in total. The fraction of sp³-hybridized carbons (Fsp3) is 0.500. The molecule has 5 nitrogen and oxygen atoms in total. The van der Waals surface area contributed by atoms with Crippen molar-refractivity contribution in [3.63, 3.8) is 0 Å². The van der Waals surface area contributed by atoms with Crippen molar-refractivity contribution in [1.29, 1.82) is 0 Å². The Morgan fingerprint density at radius 1 is 1.33 bits per heavy atom. The standard InChI is InChI=1S/C16H21NO4/c1-10(15(19)21-16(2,3)4)17-14(18)13-9-11-7-5-6-8-12(11)20-13/h5-8,10,13H,9H2,1-4H3,(H,17,18)/t10-,13?/m1/s1. The van der Waals surface area contributed by atoms with Crippen molar-refractivity contribution in [2.24, 2.45) is 0 Å². The van der Waals surface area contributed by atoms with Crippen LogP contribution in [0, 0.1) is 0 Å². The Labute approximate surface area is 124 Å². The lowest BCUT2D eigenvalue weighted by Crippen LogP contribution is -2.47. The number of esters is 1. The lowest BCUT2D eigenvalue weighted by atomic mass is 10.1. The zero-order valence-corrected chi connectivity index (χ0v) is 12.8. The van der Waals surface area contributed by atoms with Gasteiger partial charge in [-0.1, -0.05) is 18.2 Å². The molecule has 1 aliphatic rings. The van der Waals surface area contributed by atoms with Gasteiger partial charge in [0.05, 0.1) is 0 Å². The SMILES string of the molecule is C[C@@H](NC(=O)C1Cc2ccccc2O1)C(=O)OC(C)(C)C. The summed E-state index contributed by atoms with van der Waals surface area (Å²) in [5.41, 5.74) is 0.429. The van der Waals surface area contributed by atoms with E-state index in [2.05, 4.69) is 5.32 Å². The van der Waals surface area contributed by atoms with Crippen LogP contribution < -0.4 is 10.1 Å². The third kappa shape index (κ3) is 3.97. The van der Waals surface area contributed by atoms with E-state index in [0.717, 1.165) is 11.3 Å². The number of carbonyl (C=O) groups excluding carboxylic acids is 2. The number of ether oxygens (including phenoxy) is 2. The fourth-order valence-corrected chi connectivity index (χ4v) is 2.08. The lowest BCUT2D eigenvalue weighted by molar-refractivity contribution is -0.158. The van der Waals surface area contributed by atoms with Crippen molar-refractivity contribution in [2.45, 2.75) is 51.9 Å². The maximum Gasteiger partial charge on any atom is 0.328 e. The number of carbonyl (C=O) groups is 2. The average molecular weight is 291 g/mol. The molecule has 2 atom stereocenters. The zero-order valence-electron chi connectivity index (χ0n) is 12.8. The topological polar surface area (TPSA) is 64.6 Å². The number of benzene rings is 1. The lowest BCUT2D eigenvalue weighted by Gasteiger charge is -2.23. The molecule has 0 fully saturated rings. The minimum atomic E-state index is -0.705. The Morgan fingerprint density at radius 3 is 2.62 bits per heavy atom. The van der Waals surface area contributed by atoms with Crippen LogP contribution in [-0.4, -0.2) is 29.6 Å². The van der Waals surface area contributed by atoms with Crippen LogP contribution in [0.5, 0.6) is 5.75 Å². The number of para-hydroxylation sites is 1. The molecule has 1 aliphatic heterocycles. The van der Waals surface area contributed by atoms with Gasteiger partial charge in [0.2, 0.25) is 0 Å². The summed E-state index contributed by atoms with van der Waals surface area (Å²) in [6.45, 7) is 6.97. The smallest absolute Gasteiger partial charge is 0.328 e. The van der Waals surface area contributed by atoms with Gasteiger partial charge in [0.25, 0.3) is 5.91 Å². The van der Waals surface area contributed by atoms with Gasteiger partial charge in [-0.25, -0.2) is 4.79 Å². The molecule has 0 radical (unpaired) electrons. The molecule has 2 rings (SSSR count). The highest BCUT2D eigenvalue weighted by molar-refractivity contribution is 5.87. The number of amides is 1. The first kappa shape index (κ1) is 15.4. The highest BCUT2D eigenvalue weighted by atomic mass is 16.6. The number of nitrogens with one attached hydrogen (secondary N) is 1. The van der Waals surface area contributed by atoms with Crippen LogP contribution in [-0.2, 0) is 20.7 Å². The summed E-state index contributed by atoms with van der Waals surface area (Å²) < 4.78 is 10.8. The molecule has 21 heavy (non-hydrogen) atoms. The first-order chi connectivity index (χ1) is 9.76. The number of hydrogen-bond acceptors (Lipinski definition) is 4. The summed E-state index contributed by atoms with van der Waals surface area (Å²) in [4.78, 5) is 24.0. The normalized spacial score (nSPS) is 18.4. The van der Waals surface area contributed by atoms with Crippen molar-refractivity contribution in [3.8, 4) is 5.75 Å². The third-order valence-corrected chi connectivity index (χ3v) is 3.06. The molecule has 1 aromatic rings. The summed E-state index contributed by atoms with van der Waals surface area (Å²) in [6, 6.07) is 6.83. The van der Waals surface area contributed by atoms with Gasteiger partial charge in [-0.2, -0.15) is 0 Å². The Hall–Kier alpha value is -2.04. The van der Waals surface area contributed by atoms with E-state index >= 15 is 0 Å². The maximum absolute atomic E-state index is 12.2. The number of fused-ring (bicyclic) bond motifs is 1. The van der Waals surface area contributed by atoms with Crippen LogP contribution >= 0.6 is 0 Å². The molecule has 0 saturated carbocycles. The van der Waals surface area contributed by atoms with Gasteiger partial charge in [-0.15, -0.1) is 0 Å². The highest BCUT2D eigenvalue weighted by Gasteiger charge is 2.31. The highest BCUT2D eigenvalue weighted by Crippen LogP contribution is 2.28. The molecule has 1 heterocycles. The molecule has 1 unspecified atom stereocenters. The van der Waals surface area contributed by atoms with E-state index in [0.29, 0.717) is 6.42 Å². The van der Waals surface area contributed by atoms with E-state index in [4.69, 9.17) is 9.47 Å². The first-order valence-electron chi connectivity index (χ1n) is 7.04. The molecule has 0 aromatic heterocycles. The third-order valence-electron chi connectivity index (χ3n) is 3.06. The van der Waals surface area contributed by atoms with E-state index in [-0.39, 0.29) is 5.91 Å². The summed E-state index contributed by atoms with van der Waals surface area (Å²) >= 11 is 0. The van der Waals surface area contributed by atoms with Crippen molar-refractivity contribution >= 4 is 11.9 Å². The summed E-state index contributed by atoms with van der Waals surface area (Å²) in [5, 5.41) is 2.64. The summed E-state index contributed by atoms with van der Waals surface area (Å²) in [6.07, 6.45) is -0.0736. The summed E-state index contributed by atoms with van der Waals surface area (Å²) in [5.74, 6) is -0.0292. The summed E-state index contributed by atoms with van der Waals surface area (Å²) in [7, 11) is 0. The Bertz CT molecular complexity index is 522. The minimum absolute atomic E-state index is 0.301. The molecule has 0 bridgehead atoms. The predicted octanol–water partition coefficient (Wildman–Crippen LogP) is 1.84. The molecule has 0 saturated heterocycles. The van der Waals surface area contributed by atoms with E-state index in [9.17, 15) is 9.59 Å². The van der Waals surface area contributed by atoms with Crippen molar-refractivity contribution in [1.82, 2.24) is 5.32 Å². The van der Waals surface area contributed by atoms with E-state index < -0.39 is 23.7 Å². The molecule has 1 aromatic carbocycles. The van der Waals surface area contributed by atoms with Crippen LogP contribution in [0.15, 0.2) is 24.3 Å². The maximum atomic E-state index is 12.2. The monoisotopic (exact) mass is 291 g/mol. The second-order valence-corrected chi connectivity index (χ2v) is 6.18. The molecule has 1 amide bonds. The molecule has 0 spiro atoms. The molecule has 5 heteroatoms. The van der Waals surface area contributed by atoms with Gasteiger partial charge < -0.3 is 14.8 Å². The van der Waals surface area contributed by atoms with Gasteiger partial charge in [0.1, 0.15) is 17.4 Å². The van der Waals surface area contributed by atoms with Gasteiger partial charge in [-0.3, -0.25) is 4.79 Å². The molecular formula is C16H21NO4. The average Bonchev–Trinajstić information content (AvgIpc) is 2.80. The van der Waals surface area contributed by atoms with Crippen molar-refractivity contribution in [3.05, 3.63) is 29.8 Å². The Balaban J connectivity index is 1.90. The van der Waals surface area contributed by atoms with Gasteiger partial charge in [0.15, 0.2) is 6.10 Å². The minimum Gasteiger partial charge on any atom is -0.480 e. The van der Waals surface area contributed by atoms with Crippen LogP contribution in [0.3, 0.4) is 0 Å². The van der Waals surface area contributed by atoms with Gasteiger partial charge >= 0.3 is 5.97 Å². The van der Waals surface area contributed by atoms with E-state index in [1.54, 1.807) is 27.7 Å². The Morgan fingerprint density at radius 2 is 2.00 bits per heavy atom. The van der Waals surface area contributed by atoms with E-state index in [1.165, 1.54) is 0 Å². The molecular weight excluding hydrogens is 270 g/mol. The number of hydrogen-bond donors (Lipinski definition) is 1. The zero-order chi connectivity index (χ0) is 15.6. The van der Waals surface area contributed by atoms with E-state index in [1.807, 2.05) is 24.3 Å². The van der Waals surface area contributed by atoms with Crippen molar-refractivity contribution < 1.29 is 19.1 Å². The fourth-order valence-electron chi connectivity index (χ4n) is 2.08. The quantitative estimate of drug-likeness (QED) is 0.863. The van der Waals surface area contributed by atoms with Crippen molar-refractivity contribution in [2.75, 3.05) is 0 Å².